The summed E-state index contributed by atoms with van der Waals surface area (Å²) < 4.78 is 0. The Bertz CT molecular complexity index is 1240. The first kappa shape index (κ1) is 16.4. The number of H-pyrrole nitrogens is 1. The van der Waals surface area contributed by atoms with Crippen LogP contribution in [-0.2, 0) is 6.42 Å². The van der Waals surface area contributed by atoms with Crippen LogP contribution in [0.4, 0.5) is 11.6 Å². The van der Waals surface area contributed by atoms with Gasteiger partial charge in [-0.15, -0.1) is 0 Å². The second-order valence-corrected chi connectivity index (χ2v) is 6.76. The topological polar surface area (TPSA) is 61.9 Å². The van der Waals surface area contributed by atoms with Gasteiger partial charge in [-0.1, -0.05) is 60.7 Å². The third-order valence-electron chi connectivity index (χ3n) is 5.03. The number of aromatic nitrogens is 3. The van der Waals surface area contributed by atoms with E-state index in [1.54, 1.807) is 6.20 Å². The average Bonchev–Trinajstić information content (AvgIpc) is 3.17. The van der Waals surface area contributed by atoms with Crippen LogP contribution in [0.1, 0.15) is 16.7 Å². The van der Waals surface area contributed by atoms with E-state index in [0.717, 1.165) is 29.8 Å². The lowest BCUT2D eigenvalue weighted by molar-refractivity contribution is 0.938. The van der Waals surface area contributed by atoms with E-state index >= 15 is 0 Å². The van der Waals surface area contributed by atoms with Crippen molar-refractivity contribution < 1.29 is 0 Å². The first-order valence-electron chi connectivity index (χ1n) is 9.27. The highest BCUT2D eigenvalue weighted by molar-refractivity contribution is 5.88. The molecule has 5 heteroatoms. The standard InChI is InChI=1S/C23H18N4O/c28-22-20-18(11-10-16-6-2-1-3-7-16)12-14-24-21(20)25-23(26-22)27-15-13-17-8-4-5-9-19(17)27/h1-12,14H,13,15H2,(H,24,25,26,28)/b11-10+. The van der Waals surface area contributed by atoms with Gasteiger partial charge in [0, 0.05) is 18.4 Å². The van der Waals surface area contributed by atoms with Gasteiger partial charge >= 0.3 is 0 Å². The number of hydrogen-bond donors (Lipinski definition) is 1. The molecule has 28 heavy (non-hydrogen) atoms. The lowest BCUT2D eigenvalue weighted by Crippen LogP contribution is -2.21. The van der Waals surface area contributed by atoms with E-state index in [9.17, 15) is 4.79 Å². The van der Waals surface area contributed by atoms with Crippen molar-refractivity contribution in [3.05, 3.63) is 93.9 Å². The summed E-state index contributed by atoms with van der Waals surface area (Å²) in [7, 11) is 0. The van der Waals surface area contributed by atoms with E-state index in [1.807, 2.05) is 65.6 Å². The fourth-order valence-corrected chi connectivity index (χ4v) is 3.65. The van der Waals surface area contributed by atoms with Gasteiger partial charge in [-0.25, -0.2) is 4.98 Å². The summed E-state index contributed by atoms with van der Waals surface area (Å²) in [6, 6.07) is 20.0. The Morgan fingerprint density at radius 3 is 2.68 bits per heavy atom. The van der Waals surface area contributed by atoms with E-state index in [2.05, 4.69) is 27.1 Å². The molecule has 0 bridgehead atoms. The molecule has 0 atom stereocenters. The Kier molecular flexibility index (Phi) is 3.98. The molecule has 0 saturated heterocycles. The molecule has 4 aromatic rings. The molecule has 0 aliphatic carbocycles. The molecule has 3 heterocycles. The highest BCUT2D eigenvalue weighted by atomic mass is 16.1. The number of pyridine rings is 1. The monoisotopic (exact) mass is 366 g/mol. The molecule has 0 saturated carbocycles. The molecule has 1 N–H and O–H groups in total. The molecule has 2 aromatic carbocycles. The minimum Gasteiger partial charge on any atom is -0.311 e. The first-order chi connectivity index (χ1) is 13.8. The summed E-state index contributed by atoms with van der Waals surface area (Å²) in [5.41, 5.74) is 4.50. The van der Waals surface area contributed by atoms with Crippen molar-refractivity contribution in [1.29, 1.82) is 0 Å². The molecule has 0 unspecified atom stereocenters. The van der Waals surface area contributed by atoms with Crippen molar-refractivity contribution in [2.75, 3.05) is 11.4 Å². The van der Waals surface area contributed by atoms with Crippen molar-refractivity contribution in [2.45, 2.75) is 6.42 Å². The Hall–Kier alpha value is -3.73. The number of aromatic amines is 1. The predicted molar refractivity (Wildman–Crippen MR) is 113 cm³/mol. The maximum Gasteiger partial charge on any atom is 0.262 e. The van der Waals surface area contributed by atoms with Crippen LogP contribution in [0.2, 0.25) is 0 Å². The van der Waals surface area contributed by atoms with Crippen LogP contribution in [0, 0.1) is 0 Å². The molecule has 0 radical (unpaired) electrons. The summed E-state index contributed by atoms with van der Waals surface area (Å²) >= 11 is 0. The van der Waals surface area contributed by atoms with Gasteiger partial charge < -0.3 is 4.90 Å². The maximum absolute atomic E-state index is 12.9. The SMILES string of the molecule is O=c1[nH]c(N2CCc3ccccc32)nc2nccc(/C=C/c3ccccc3)c12. The van der Waals surface area contributed by atoms with Crippen LogP contribution >= 0.6 is 0 Å². The molecule has 0 amide bonds. The largest absolute Gasteiger partial charge is 0.311 e. The van der Waals surface area contributed by atoms with Crippen molar-refractivity contribution in [2.24, 2.45) is 0 Å². The Morgan fingerprint density at radius 2 is 1.79 bits per heavy atom. The van der Waals surface area contributed by atoms with Gasteiger partial charge in [0.25, 0.3) is 5.56 Å². The molecule has 0 fully saturated rings. The summed E-state index contributed by atoms with van der Waals surface area (Å²) in [5.74, 6) is 0.541. The normalized spacial score (nSPS) is 13.4. The van der Waals surface area contributed by atoms with E-state index in [-0.39, 0.29) is 5.56 Å². The summed E-state index contributed by atoms with van der Waals surface area (Å²) in [4.78, 5) is 26.9. The van der Waals surface area contributed by atoms with Crippen LogP contribution in [0.15, 0.2) is 71.7 Å². The van der Waals surface area contributed by atoms with E-state index in [1.165, 1.54) is 5.56 Å². The van der Waals surface area contributed by atoms with Crippen LogP contribution in [0.25, 0.3) is 23.2 Å². The smallest absolute Gasteiger partial charge is 0.262 e. The zero-order chi connectivity index (χ0) is 18.9. The number of fused-ring (bicyclic) bond motifs is 2. The minimum absolute atomic E-state index is 0.176. The predicted octanol–water partition coefficient (Wildman–Crippen LogP) is 4.18. The van der Waals surface area contributed by atoms with Gasteiger partial charge in [0.1, 0.15) is 0 Å². The number of nitrogens with zero attached hydrogens (tertiary/aromatic N) is 3. The van der Waals surface area contributed by atoms with Crippen molar-refractivity contribution >= 4 is 34.8 Å². The molecular weight excluding hydrogens is 348 g/mol. The second-order valence-electron chi connectivity index (χ2n) is 6.76. The zero-order valence-electron chi connectivity index (χ0n) is 15.2. The molecule has 5 rings (SSSR count). The van der Waals surface area contributed by atoms with Gasteiger partial charge in [0.15, 0.2) is 5.65 Å². The number of para-hydroxylation sites is 1. The van der Waals surface area contributed by atoms with Gasteiger partial charge in [-0.2, -0.15) is 4.98 Å². The summed E-state index contributed by atoms with van der Waals surface area (Å²) in [6.45, 7) is 0.793. The molecule has 0 spiro atoms. The van der Waals surface area contributed by atoms with Gasteiger partial charge in [-0.3, -0.25) is 9.78 Å². The lowest BCUT2D eigenvalue weighted by Gasteiger charge is -2.17. The van der Waals surface area contributed by atoms with Gasteiger partial charge in [0.05, 0.1) is 5.39 Å². The van der Waals surface area contributed by atoms with Crippen LogP contribution in [0.3, 0.4) is 0 Å². The molecule has 1 aliphatic rings. The van der Waals surface area contributed by atoms with Crippen LogP contribution in [0.5, 0.6) is 0 Å². The van der Waals surface area contributed by atoms with Crippen LogP contribution in [-0.4, -0.2) is 21.5 Å². The zero-order valence-corrected chi connectivity index (χ0v) is 15.2. The average molecular weight is 366 g/mol. The molecule has 5 nitrogen and oxygen atoms in total. The van der Waals surface area contributed by atoms with Gasteiger partial charge in [0.2, 0.25) is 5.95 Å². The summed E-state index contributed by atoms with van der Waals surface area (Å²) in [6.07, 6.45) is 6.55. The molecule has 136 valence electrons. The lowest BCUT2D eigenvalue weighted by atomic mass is 10.1. The number of rotatable bonds is 3. The molecule has 1 aliphatic heterocycles. The van der Waals surface area contributed by atoms with Crippen molar-refractivity contribution in [1.82, 2.24) is 15.0 Å². The van der Waals surface area contributed by atoms with Crippen molar-refractivity contribution in [3.63, 3.8) is 0 Å². The Balaban J connectivity index is 1.58. The van der Waals surface area contributed by atoms with Crippen LogP contribution < -0.4 is 10.5 Å². The second kappa shape index (κ2) is 6.78. The highest BCUT2D eigenvalue weighted by Gasteiger charge is 2.22. The third kappa shape index (κ3) is 2.87. The minimum atomic E-state index is -0.176. The number of hydrogen-bond acceptors (Lipinski definition) is 4. The van der Waals surface area contributed by atoms with E-state index in [4.69, 9.17) is 0 Å². The fraction of sp³-hybridized carbons (Fsp3) is 0.0870. The molecule has 2 aromatic heterocycles. The first-order valence-corrected chi connectivity index (χ1v) is 9.27. The number of nitrogens with one attached hydrogen (secondary N) is 1. The fourth-order valence-electron chi connectivity index (χ4n) is 3.65. The van der Waals surface area contributed by atoms with E-state index < -0.39 is 0 Å². The molecular formula is C23H18N4O. The number of anilines is 2. The Morgan fingerprint density at radius 1 is 0.964 bits per heavy atom. The quantitative estimate of drug-likeness (QED) is 0.591. The maximum atomic E-state index is 12.9. The number of benzene rings is 2. The summed E-state index contributed by atoms with van der Waals surface area (Å²) in [5, 5.41) is 0.505. The Labute approximate surface area is 162 Å². The van der Waals surface area contributed by atoms with Gasteiger partial charge in [-0.05, 0) is 35.2 Å². The third-order valence-corrected chi connectivity index (χ3v) is 5.03. The van der Waals surface area contributed by atoms with E-state index in [0.29, 0.717) is 17.0 Å². The highest BCUT2D eigenvalue weighted by Crippen LogP contribution is 2.32. The van der Waals surface area contributed by atoms with Crippen molar-refractivity contribution in [3.8, 4) is 0 Å².